The van der Waals surface area contributed by atoms with Gasteiger partial charge in [0.25, 0.3) is 5.91 Å². The summed E-state index contributed by atoms with van der Waals surface area (Å²) in [6.45, 7) is 1.44. The van der Waals surface area contributed by atoms with Crippen LogP contribution in [0.5, 0.6) is 5.75 Å². The third-order valence-electron chi connectivity index (χ3n) is 3.37. The fraction of sp³-hybridized carbons (Fsp3) is 0.105. The van der Waals surface area contributed by atoms with Crippen molar-refractivity contribution in [3.8, 4) is 11.8 Å². The number of amides is 1. The normalized spacial score (nSPS) is 10.5. The van der Waals surface area contributed by atoms with Gasteiger partial charge in [0, 0.05) is 17.5 Å². The van der Waals surface area contributed by atoms with E-state index in [2.05, 4.69) is 10.6 Å². The number of rotatable bonds is 6. The molecule has 0 aliphatic heterocycles. The fourth-order valence-electron chi connectivity index (χ4n) is 2.08. The Labute approximate surface area is 145 Å². The highest BCUT2D eigenvalue weighted by molar-refractivity contribution is 6.07. The largest absolute Gasteiger partial charge is 0.495 e. The van der Waals surface area contributed by atoms with Crippen LogP contribution in [0.2, 0.25) is 0 Å². The molecule has 0 bridgehead atoms. The first-order chi connectivity index (χ1) is 12.0. The van der Waals surface area contributed by atoms with Gasteiger partial charge in [-0.15, -0.1) is 0 Å². The first-order valence-electron chi connectivity index (χ1n) is 7.47. The Balaban J connectivity index is 2.14. The molecule has 0 atom stereocenters. The van der Waals surface area contributed by atoms with E-state index < -0.39 is 5.91 Å². The van der Waals surface area contributed by atoms with Crippen molar-refractivity contribution < 1.29 is 14.3 Å². The zero-order valence-corrected chi connectivity index (χ0v) is 13.9. The standard InChI is InChI=1S/C19H17N3O3/c1-13(23)14-6-5-7-16(10-14)22-19(24)15(11-20)12-21-17-8-3-4-9-18(17)25-2/h3-10,12,21H,1-2H3,(H,22,24)/b15-12-. The summed E-state index contributed by atoms with van der Waals surface area (Å²) in [6, 6.07) is 15.5. The summed E-state index contributed by atoms with van der Waals surface area (Å²) in [4.78, 5) is 23.6. The summed E-state index contributed by atoms with van der Waals surface area (Å²) in [7, 11) is 1.53. The Morgan fingerprint density at radius 3 is 2.60 bits per heavy atom. The lowest BCUT2D eigenvalue weighted by Gasteiger charge is -2.08. The molecule has 6 heteroatoms. The molecule has 0 aromatic heterocycles. The maximum absolute atomic E-state index is 12.2. The lowest BCUT2D eigenvalue weighted by atomic mass is 10.1. The van der Waals surface area contributed by atoms with Gasteiger partial charge in [-0.25, -0.2) is 0 Å². The first kappa shape index (κ1) is 17.8. The van der Waals surface area contributed by atoms with Crippen LogP contribution in [-0.4, -0.2) is 18.8 Å². The number of carbonyl (C=O) groups excluding carboxylic acids is 2. The van der Waals surface area contributed by atoms with Gasteiger partial charge in [-0.1, -0.05) is 24.3 Å². The molecule has 0 saturated heterocycles. The second kappa shape index (κ2) is 8.31. The second-order valence-corrected chi connectivity index (χ2v) is 5.11. The number of ether oxygens (including phenoxy) is 1. The molecule has 0 aliphatic carbocycles. The number of Topliss-reactive ketones (excluding diaryl/α,β-unsaturated/α-hetero) is 1. The predicted octanol–water partition coefficient (Wildman–Crippen LogP) is 3.36. The fourth-order valence-corrected chi connectivity index (χ4v) is 2.08. The van der Waals surface area contributed by atoms with E-state index in [1.165, 1.54) is 20.2 Å². The summed E-state index contributed by atoms with van der Waals surface area (Å²) < 4.78 is 5.20. The van der Waals surface area contributed by atoms with E-state index in [1.54, 1.807) is 42.5 Å². The molecule has 0 aliphatic rings. The molecule has 2 N–H and O–H groups in total. The molecule has 0 unspecified atom stereocenters. The zero-order chi connectivity index (χ0) is 18.2. The van der Waals surface area contributed by atoms with Crippen molar-refractivity contribution in [3.05, 3.63) is 65.9 Å². The summed E-state index contributed by atoms with van der Waals surface area (Å²) in [5, 5.41) is 14.7. The second-order valence-electron chi connectivity index (χ2n) is 5.11. The molecular weight excluding hydrogens is 318 g/mol. The summed E-state index contributed by atoms with van der Waals surface area (Å²) in [5.41, 5.74) is 1.44. The van der Waals surface area contributed by atoms with Crippen LogP contribution in [-0.2, 0) is 4.79 Å². The predicted molar refractivity (Wildman–Crippen MR) is 95.4 cm³/mol. The Morgan fingerprint density at radius 1 is 1.16 bits per heavy atom. The van der Waals surface area contributed by atoms with E-state index in [0.717, 1.165) is 0 Å². The van der Waals surface area contributed by atoms with Crippen molar-refractivity contribution in [1.29, 1.82) is 5.26 Å². The van der Waals surface area contributed by atoms with Crippen LogP contribution >= 0.6 is 0 Å². The van der Waals surface area contributed by atoms with Gasteiger partial charge >= 0.3 is 0 Å². The number of para-hydroxylation sites is 2. The minimum absolute atomic E-state index is 0.106. The average Bonchev–Trinajstić information content (AvgIpc) is 2.62. The Kier molecular flexibility index (Phi) is 5.91. The Morgan fingerprint density at radius 2 is 1.92 bits per heavy atom. The van der Waals surface area contributed by atoms with E-state index in [1.807, 2.05) is 12.1 Å². The lowest BCUT2D eigenvalue weighted by Crippen LogP contribution is -2.15. The van der Waals surface area contributed by atoms with E-state index in [9.17, 15) is 14.9 Å². The van der Waals surface area contributed by atoms with Crippen molar-refractivity contribution in [2.75, 3.05) is 17.7 Å². The Hall–Kier alpha value is -3.59. The van der Waals surface area contributed by atoms with Crippen molar-refractivity contribution in [2.45, 2.75) is 6.92 Å². The van der Waals surface area contributed by atoms with Crippen LogP contribution in [0.1, 0.15) is 17.3 Å². The number of nitriles is 1. The SMILES string of the molecule is COc1ccccc1N/C=C(/C#N)C(=O)Nc1cccc(C(C)=O)c1. The van der Waals surface area contributed by atoms with Crippen molar-refractivity contribution >= 4 is 23.1 Å². The molecule has 2 aromatic rings. The van der Waals surface area contributed by atoms with Crippen molar-refractivity contribution in [2.24, 2.45) is 0 Å². The number of nitrogens with zero attached hydrogens (tertiary/aromatic N) is 1. The Bertz CT molecular complexity index is 866. The van der Waals surface area contributed by atoms with Gasteiger partial charge in [-0.05, 0) is 31.2 Å². The molecule has 2 aromatic carbocycles. The van der Waals surface area contributed by atoms with Crippen LogP contribution in [0.4, 0.5) is 11.4 Å². The van der Waals surface area contributed by atoms with E-state index in [-0.39, 0.29) is 11.4 Å². The molecule has 0 spiro atoms. The summed E-state index contributed by atoms with van der Waals surface area (Å²) in [5.74, 6) is -0.0961. The highest BCUT2D eigenvalue weighted by Crippen LogP contribution is 2.23. The minimum Gasteiger partial charge on any atom is -0.495 e. The van der Waals surface area contributed by atoms with Gasteiger partial charge in [0.1, 0.15) is 17.4 Å². The molecule has 126 valence electrons. The minimum atomic E-state index is -0.578. The molecule has 0 heterocycles. The lowest BCUT2D eigenvalue weighted by molar-refractivity contribution is -0.112. The van der Waals surface area contributed by atoms with Gasteiger partial charge in [0.05, 0.1) is 12.8 Å². The molecule has 0 radical (unpaired) electrons. The van der Waals surface area contributed by atoms with Gasteiger partial charge in [-0.2, -0.15) is 5.26 Å². The van der Waals surface area contributed by atoms with E-state index in [4.69, 9.17) is 4.74 Å². The van der Waals surface area contributed by atoms with Gasteiger partial charge < -0.3 is 15.4 Å². The third kappa shape index (κ3) is 4.69. The number of benzene rings is 2. The molecule has 2 rings (SSSR count). The van der Waals surface area contributed by atoms with Crippen LogP contribution in [0.25, 0.3) is 0 Å². The summed E-state index contributed by atoms with van der Waals surface area (Å²) >= 11 is 0. The smallest absolute Gasteiger partial charge is 0.267 e. The van der Waals surface area contributed by atoms with Crippen LogP contribution in [0, 0.1) is 11.3 Å². The monoisotopic (exact) mass is 335 g/mol. The molecular formula is C19H17N3O3. The van der Waals surface area contributed by atoms with E-state index >= 15 is 0 Å². The number of hydrogen-bond acceptors (Lipinski definition) is 5. The van der Waals surface area contributed by atoms with Crippen molar-refractivity contribution in [1.82, 2.24) is 0 Å². The maximum Gasteiger partial charge on any atom is 0.267 e. The molecule has 1 amide bonds. The molecule has 0 saturated carbocycles. The van der Waals surface area contributed by atoms with Gasteiger partial charge in [-0.3, -0.25) is 9.59 Å². The number of nitrogens with one attached hydrogen (secondary N) is 2. The number of carbonyl (C=O) groups is 2. The average molecular weight is 335 g/mol. The van der Waals surface area contributed by atoms with Gasteiger partial charge in [0.15, 0.2) is 5.78 Å². The first-order valence-corrected chi connectivity index (χ1v) is 7.47. The molecule has 6 nitrogen and oxygen atoms in total. The number of methoxy groups -OCH3 is 1. The highest BCUT2D eigenvalue weighted by Gasteiger charge is 2.11. The van der Waals surface area contributed by atoms with Crippen LogP contribution in [0.15, 0.2) is 60.3 Å². The number of hydrogen-bond donors (Lipinski definition) is 2. The van der Waals surface area contributed by atoms with Crippen LogP contribution in [0.3, 0.4) is 0 Å². The third-order valence-corrected chi connectivity index (χ3v) is 3.37. The van der Waals surface area contributed by atoms with E-state index in [0.29, 0.717) is 22.7 Å². The molecule has 0 fully saturated rings. The quantitative estimate of drug-likeness (QED) is 0.480. The maximum atomic E-state index is 12.2. The van der Waals surface area contributed by atoms with Gasteiger partial charge in [0.2, 0.25) is 0 Å². The zero-order valence-electron chi connectivity index (χ0n) is 13.9. The van der Waals surface area contributed by atoms with Crippen molar-refractivity contribution in [3.63, 3.8) is 0 Å². The topological polar surface area (TPSA) is 91.2 Å². The number of ketones is 1. The molecule has 25 heavy (non-hydrogen) atoms. The highest BCUT2D eigenvalue weighted by atomic mass is 16.5. The van der Waals surface area contributed by atoms with Crippen LogP contribution < -0.4 is 15.4 Å². The number of anilines is 2. The summed E-state index contributed by atoms with van der Waals surface area (Å²) in [6.07, 6.45) is 1.31.